The third kappa shape index (κ3) is 3.00. The Morgan fingerprint density at radius 3 is 2.65 bits per heavy atom. The highest BCUT2D eigenvalue weighted by atomic mass is 16.5. The molecule has 6 heteroatoms. The first-order valence-electron chi connectivity index (χ1n) is 9.66. The van der Waals surface area contributed by atoms with Crippen LogP contribution in [0.2, 0.25) is 0 Å². The summed E-state index contributed by atoms with van der Waals surface area (Å²) in [6, 6.07) is 15.6. The Labute approximate surface area is 176 Å². The number of pyridine rings is 1. The van der Waals surface area contributed by atoms with Crippen molar-refractivity contribution in [2.75, 3.05) is 7.11 Å². The van der Waals surface area contributed by atoms with Crippen LogP contribution in [0.4, 0.5) is 0 Å². The predicted octanol–water partition coefficient (Wildman–Crippen LogP) is 5.15. The van der Waals surface area contributed by atoms with Crippen LogP contribution >= 0.6 is 0 Å². The number of carbonyl (C=O) groups is 1. The maximum atomic E-state index is 13.6. The smallest absolute Gasteiger partial charge is 0.336 e. The highest BCUT2D eigenvalue weighted by Gasteiger charge is 2.27. The molecular weight excluding hydrogens is 394 g/mol. The zero-order chi connectivity index (χ0) is 21.5. The molecule has 5 aromatic rings. The lowest BCUT2D eigenvalue weighted by Gasteiger charge is -2.07. The van der Waals surface area contributed by atoms with Gasteiger partial charge in [0.2, 0.25) is 5.78 Å². The molecule has 3 aromatic heterocycles. The van der Waals surface area contributed by atoms with Crippen molar-refractivity contribution < 1.29 is 18.4 Å². The first-order valence-corrected chi connectivity index (χ1v) is 9.66. The summed E-state index contributed by atoms with van der Waals surface area (Å²) >= 11 is 0. The second kappa shape index (κ2) is 7.25. The van der Waals surface area contributed by atoms with Crippen LogP contribution in [-0.2, 0) is 0 Å². The maximum Gasteiger partial charge on any atom is 0.336 e. The summed E-state index contributed by atoms with van der Waals surface area (Å²) in [6.07, 6.45) is 3.30. The molecule has 0 spiro atoms. The number of ether oxygens (including phenoxy) is 1. The number of nitrogens with zero attached hydrogens (tertiary/aromatic N) is 1. The largest absolute Gasteiger partial charge is 0.496 e. The van der Waals surface area contributed by atoms with E-state index >= 15 is 0 Å². The fraction of sp³-hybridized carbons (Fsp3) is 0.0800. The van der Waals surface area contributed by atoms with Crippen LogP contribution in [0.3, 0.4) is 0 Å². The van der Waals surface area contributed by atoms with Crippen LogP contribution in [0, 0.1) is 6.92 Å². The van der Waals surface area contributed by atoms with Crippen LogP contribution in [0.1, 0.15) is 21.7 Å². The molecule has 31 heavy (non-hydrogen) atoms. The third-order valence-electron chi connectivity index (χ3n) is 5.28. The molecule has 0 aliphatic carbocycles. The number of benzene rings is 2. The van der Waals surface area contributed by atoms with E-state index in [-0.39, 0.29) is 11.5 Å². The standard InChI is InChI=1S/C25H17NO5/c1-14-12-20(27)31-24-16(14)9-10-19-22(24)21(15-6-5-11-26-13-15)25(30-19)23(28)17-7-3-4-8-18(17)29-2/h3-13H,1-2H3. The van der Waals surface area contributed by atoms with Crippen LogP contribution in [0.25, 0.3) is 33.1 Å². The van der Waals surface area contributed by atoms with Gasteiger partial charge < -0.3 is 13.6 Å². The van der Waals surface area contributed by atoms with Crippen LogP contribution in [0.15, 0.2) is 80.6 Å². The third-order valence-corrected chi connectivity index (χ3v) is 5.28. The Morgan fingerprint density at radius 2 is 1.87 bits per heavy atom. The Bertz CT molecular complexity index is 1510. The molecule has 0 aliphatic rings. The first-order chi connectivity index (χ1) is 15.1. The predicted molar refractivity (Wildman–Crippen MR) is 117 cm³/mol. The lowest BCUT2D eigenvalue weighted by atomic mass is 9.97. The molecule has 0 saturated carbocycles. The number of ketones is 1. The molecule has 0 atom stereocenters. The molecule has 0 fully saturated rings. The molecule has 0 saturated heterocycles. The van der Waals surface area contributed by atoms with Gasteiger partial charge in [0.1, 0.15) is 16.9 Å². The van der Waals surface area contributed by atoms with Gasteiger partial charge in [-0.3, -0.25) is 9.78 Å². The van der Waals surface area contributed by atoms with Crippen molar-refractivity contribution in [1.82, 2.24) is 4.98 Å². The molecule has 5 rings (SSSR count). The zero-order valence-electron chi connectivity index (χ0n) is 16.8. The molecule has 0 aliphatic heterocycles. The minimum atomic E-state index is -0.464. The summed E-state index contributed by atoms with van der Waals surface area (Å²) in [5, 5.41) is 1.33. The molecule has 3 heterocycles. The van der Waals surface area contributed by atoms with Crippen molar-refractivity contribution in [3.63, 3.8) is 0 Å². The molecular formula is C25H17NO5. The van der Waals surface area contributed by atoms with Gasteiger partial charge in [-0.25, -0.2) is 4.79 Å². The van der Waals surface area contributed by atoms with Gasteiger partial charge in [0.15, 0.2) is 5.76 Å². The van der Waals surface area contributed by atoms with E-state index < -0.39 is 5.63 Å². The Morgan fingerprint density at radius 1 is 1.03 bits per heavy atom. The Kier molecular flexibility index (Phi) is 4.40. The number of aromatic nitrogens is 1. The number of furan rings is 1. The van der Waals surface area contributed by atoms with Crippen LogP contribution in [0.5, 0.6) is 5.75 Å². The van der Waals surface area contributed by atoms with E-state index in [1.54, 1.807) is 48.8 Å². The summed E-state index contributed by atoms with van der Waals surface area (Å²) in [6.45, 7) is 1.84. The number of para-hydroxylation sites is 1. The molecule has 152 valence electrons. The monoisotopic (exact) mass is 411 g/mol. The van der Waals surface area contributed by atoms with Crippen LogP contribution in [-0.4, -0.2) is 17.9 Å². The van der Waals surface area contributed by atoms with Gasteiger partial charge in [-0.05, 0) is 42.8 Å². The van der Waals surface area contributed by atoms with Crippen molar-refractivity contribution >= 4 is 27.7 Å². The number of carbonyl (C=O) groups excluding carboxylic acids is 1. The van der Waals surface area contributed by atoms with Gasteiger partial charge >= 0.3 is 5.63 Å². The highest BCUT2D eigenvalue weighted by Crippen LogP contribution is 2.40. The quantitative estimate of drug-likeness (QED) is 0.300. The number of methoxy groups -OCH3 is 1. The number of hydrogen-bond donors (Lipinski definition) is 0. The molecule has 2 aromatic carbocycles. The summed E-state index contributed by atoms with van der Waals surface area (Å²) in [5.41, 5.74) is 2.71. The average Bonchev–Trinajstić information content (AvgIpc) is 3.19. The van der Waals surface area contributed by atoms with Crippen molar-refractivity contribution in [3.05, 3.63) is 94.3 Å². The summed E-state index contributed by atoms with van der Waals surface area (Å²) < 4.78 is 17.0. The fourth-order valence-electron chi connectivity index (χ4n) is 3.86. The Balaban J connectivity index is 1.91. The molecule has 0 unspecified atom stereocenters. The van der Waals surface area contributed by atoms with Crippen molar-refractivity contribution in [2.24, 2.45) is 0 Å². The second-order valence-corrected chi connectivity index (χ2v) is 7.14. The lowest BCUT2D eigenvalue weighted by molar-refractivity contribution is 0.101. The number of hydrogen-bond acceptors (Lipinski definition) is 6. The minimum absolute atomic E-state index is 0.129. The first kappa shape index (κ1) is 18.8. The van der Waals surface area contributed by atoms with E-state index in [0.717, 1.165) is 10.9 Å². The highest BCUT2D eigenvalue weighted by molar-refractivity contribution is 6.20. The van der Waals surface area contributed by atoms with Crippen LogP contribution < -0.4 is 10.4 Å². The summed E-state index contributed by atoms with van der Waals surface area (Å²) in [5.74, 6) is 0.233. The van der Waals surface area contributed by atoms with E-state index in [2.05, 4.69) is 4.98 Å². The Hall–Kier alpha value is -4.19. The van der Waals surface area contributed by atoms with Crippen molar-refractivity contribution in [2.45, 2.75) is 6.92 Å². The minimum Gasteiger partial charge on any atom is -0.496 e. The summed E-state index contributed by atoms with van der Waals surface area (Å²) in [7, 11) is 1.51. The maximum absolute atomic E-state index is 13.6. The van der Waals surface area contributed by atoms with E-state index in [9.17, 15) is 9.59 Å². The lowest BCUT2D eigenvalue weighted by Crippen LogP contribution is -2.04. The van der Waals surface area contributed by atoms with E-state index in [4.69, 9.17) is 13.6 Å². The van der Waals surface area contributed by atoms with E-state index in [0.29, 0.717) is 39.0 Å². The van der Waals surface area contributed by atoms with Gasteiger partial charge in [-0.15, -0.1) is 0 Å². The second-order valence-electron chi connectivity index (χ2n) is 7.14. The normalized spacial score (nSPS) is 11.2. The van der Waals surface area contributed by atoms with Crippen molar-refractivity contribution in [3.8, 4) is 16.9 Å². The average molecular weight is 411 g/mol. The van der Waals surface area contributed by atoms with Gasteiger partial charge in [-0.1, -0.05) is 18.2 Å². The molecule has 0 bridgehead atoms. The molecule has 0 amide bonds. The number of fused-ring (bicyclic) bond motifs is 3. The van der Waals surface area contributed by atoms with Gasteiger partial charge in [0, 0.05) is 35.0 Å². The number of aryl methyl sites for hydroxylation is 1. The fourth-order valence-corrected chi connectivity index (χ4v) is 3.86. The van der Waals surface area contributed by atoms with E-state index in [1.165, 1.54) is 13.2 Å². The topological polar surface area (TPSA) is 82.5 Å². The van der Waals surface area contributed by atoms with E-state index in [1.807, 2.05) is 19.1 Å². The van der Waals surface area contributed by atoms with Crippen molar-refractivity contribution in [1.29, 1.82) is 0 Å². The molecule has 0 N–H and O–H groups in total. The summed E-state index contributed by atoms with van der Waals surface area (Å²) in [4.78, 5) is 29.9. The van der Waals surface area contributed by atoms with Gasteiger partial charge in [0.05, 0.1) is 18.1 Å². The zero-order valence-corrected chi connectivity index (χ0v) is 16.8. The molecule has 6 nitrogen and oxygen atoms in total. The number of rotatable bonds is 4. The van der Waals surface area contributed by atoms with Gasteiger partial charge in [-0.2, -0.15) is 0 Å². The SMILES string of the molecule is COc1ccccc1C(=O)c1oc2ccc3c(C)cc(=O)oc3c2c1-c1cccnc1. The molecule has 0 radical (unpaired) electrons. The van der Waals surface area contributed by atoms with Gasteiger partial charge in [0.25, 0.3) is 0 Å².